The number of likely N-dealkylation sites (tertiary alicyclic amines) is 2. The Kier molecular flexibility index (Phi) is 6.24. The van der Waals surface area contributed by atoms with Gasteiger partial charge in [0.1, 0.15) is 0 Å². The summed E-state index contributed by atoms with van der Waals surface area (Å²) in [6.07, 6.45) is 3.58. The average Bonchev–Trinajstić information content (AvgIpc) is 3.06. The van der Waals surface area contributed by atoms with Crippen LogP contribution in [0.5, 0.6) is 0 Å². The van der Waals surface area contributed by atoms with Gasteiger partial charge in [-0.05, 0) is 31.6 Å². The van der Waals surface area contributed by atoms with Crippen molar-refractivity contribution < 1.29 is 19.5 Å². The van der Waals surface area contributed by atoms with Gasteiger partial charge in [-0.25, -0.2) is 4.79 Å². The third-order valence-electron chi connectivity index (χ3n) is 4.66. The zero-order chi connectivity index (χ0) is 16.8. The maximum absolute atomic E-state index is 12.3. The predicted molar refractivity (Wildman–Crippen MR) is 84.9 cm³/mol. The molecule has 7 nitrogen and oxygen atoms in total. The molecule has 2 rings (SSSR count). The van der Waals surface area contributed by atoms with E-state index in [-0.39, 0.29) is 30.2 Å². The second-order valence-electron chi connectivity index (χ2n) is 6.69. The Bertz CT molecular complexity index is 441. The van der Waals surface area contributed by atoms with Crippen molar-refractivity contribution in [1.82, 2.24) is 15.1 Å². The van der Waals surface area contributed by atoms with Crippen molar-refractivity contribution in [1.29, 1.82) is 0 Å². The lowest BCUT2D eigenvalue weighted by Gasteiger charge is -2.34. The van der Waals surface area contributed by atoms with Gasteiger partial charge in [-0.2, -0.15) is 0 Å². The van der Waals surface area contributed by atoms with Gasteiger partial charge in [0.15, 0.2) is 0 Å². The van der Waals surface area contributed by atoms with E-state index in [1.54, 1.807) is 0 Å². The molecular formula is C16H27N3O4. The van der Waals surface area contributed by atoms with Crippen molar-refractivity contribution in [3.63, 3.8) is 0 Å². The van der Waals surface area contributed by atoms with Crippen molar-refractivity contribution in [2.75, 3.05) is 32.7 Å². The Morgan fingerprint density at radius 1 is 1.09 bits per heavy atom. The average molecular weight is 325 g/mol. The van der Waals surface area contributed by atoms with Crippen molar-refractivity contribution in [2.45, 2.75) is 39.0 Å². The van der Waals surface area contributed by atoms with Gasteiger partial charge in [0.25, 0.3) is 0 Å². The molecule has 0 radical (unpaired) electrons. The fraction of sp³-hybridized carbons (Fsp3) is 0.812. The zero-order valence-corrected chi connectivity index (χ0v) is 13.8. The summed E-state index contributed by atoms with van der Waals surface area (Å²) in [5.41, 5.74) is 0. The van der Waals surface area contributed by atoms with Crippen molar-refractivity contribution in [3.05, 3.63) is 0 Å². The number of urea groups is 1. The first-order chi connectivity index (χ1) is 11.0. The molecule has 2 N–H and O–H groups in total. The number of piperidine rings is 1. The van der Waals surface area contributed by atoms with E-state index >= 15 is 0 Å². The fourth-order valence-corrected chi connectivity index (χ4v) is 3.23. The van der Waals surface area contributed by atoms with Crippen molar-refractivity contribution >= 4 is 17.9 Å². The van der Waals surface area contributed by atoms with E-state index in [4.69, 9.17) is 5.11 Å². The molecule has 0 saturated carbocycles. The Balaban J connectivity index is 1.70. The second-order valence-corrected chi connectivity index (χ2v) is 6.69. The molecular weight excluding hydrogens is 298 g/mol. The molecule has 3 amide bonds. The van der Waals surface area contributed by atoms with Crippen LogP contribution in [0.4, 0.5) is 4.79 Å². The molecule has 0 spiro atoms. The standard InChI is InChI=1S/C16H27N3O4/c1-12(10-14(20)21)11-17-15(22)13-4-8-19(9-5-13)16(23)18-6-2-3-7-18/h12-13H,2-11H2,1H3,(H,17,22)(H,20,21). The van der Waals surface area contributed by atoms with Crippen LogP contribution in [0.15, 0.2) is 0 Å². The Morgan fingerprint density at radius 2 is 1.65 bits per heavy atom. The summed E-state index contributed by atoms with van der Waals surface area (Å²) in [5.74, 6) is -1.01. The van der Waals surface area contributed by atoms with Gasteiger partial charge < -0.3 is 20.2 Å². The molecule has 0 aromatic rings. The minimum atomic E-state index is -0.847. The number of carbonyl (C=O) groups is 3. The van der Waals surface area contributed by atoms with Crippen LogP contribution in [0.1, 0.15) is 39.0 Å². The predicted octanol–water partition coefficient (Wildman–Crippen LogP) is 1.14. The number of rotatable bonds is 5. The highest BCUT2D eigenvalue weighted by Gasteiger charge is 2.30. The number of amides is 3. The summed E-state index contributed by atoms with van der Waals surface area (Å²) in [5, 5.41) is 11.6. The number of carbonyl (C=O) groups excluding carboxylic acids is 2. The van der Waals surface area contributed by atoms with Gasteiger partial charge in [0.05, 0.1) is 0 Å². The van der Waals surface area contributed by atoms with Gasteiger partial charge >= 0.3 is 12.0 Å². The van der Waals surface area contributed by atoms with E-state index in [2.05, 4.69) is 5.32 Å². The molecule has 2 fully saturated rings. The van der Waals surface area contributed by atoms with Crippen LogP contribution in [-0.2, 0) is 9.59 Å². The first kappa shape index (κ1) is 17.6. The second kappa shape index (κ2) is 8.17. The lowest BCUT2D eigenvalue weighted by Crippen LogP contribution is -2.48. The van der Waals surface area contributed by atoms with Crippen LogP contribution in [0.3, 0.4) is 0 Å². The summed E-state index contributed by atoms with van der Waals surface area (Å²) in [6, 6.07) is 0.108. The first-order valence-electron chi connectivity index (χ1n) is 8.50. The lowest BCUT2D eigenvalue weighted by atomic mass is 9.95. The SMILES string of the molecule is CC(CNC(=O)C1CCN(C(=O)N2CCCC2)CC1)CC(=O)O. The largest absolute Gasteiger partial charge is 0.481 e. The molecule has 130 valence electrons. The van der Waals surface area contributed by atoms with Gasteiger partial charge in [-0.3, -0.25) is 9.59 Å². The number of nitrogens with zero attached hydrogens (tertiary/aromatic N) is 2. The van der Waals surface area contributed by atoms with E-state index in [1.165, 1.54) is 0 Å². The van der Waals surface area contributed by atoms with Gasteiger partial charge in [-0.15, -0.1) is 0 Å². The molecule has 2 aliphatic rings. The van der Waals surface area contributed by atoms with E-state index in [0.717, 1.165) is 25.9 Å². The molecule has 2 heterocycles. The van der Waals surface area contributed by atoms with Crippen LogP contribution in [0.2, 0.25) is 0 Å². The number of aliphatic carboxylic acids is 1. The Morgan fingerprint density at radius 3 is 2.22 bits per heavy atom. The number of nitrogens with one attached hydrogen (secondary N) is 1. The van der Waals surface area contributed by atoms with E-state index < -0.39 is 5.97 Å². The summed E-state index contributed by atoms with van der Waals surface area (Å²) in [6.45, 7) is 5.14. The molecule has 0 aromatic heterocycles. The molecule has 0 aliphatic carbocycles. The number of carboxylic acids is 1. The maximum Gasteiger partial charge on any atom is 0.319 e. The normalized spacial score (nSPS) is 20.4. The highest BCUT2D eigenvalue weighted by molar-refractivity contribution is 5.79. The molecule has 7 heteroatoms. The molecule has 2 aliphatic heterocycles. The smallest absolute Gasteiger partial charge is 0.319 e. The van der Waals surface area contributed by atoms with Crippen LogP contribution in [0.25, 0.3) is 0 Å². The maximum atomic E-state index is 12.3. The monoisotopic (exact) mass is 325 g/mol. The zero-order valence-electron chi connectivity index (χ0n) is 13.8. The highest BCUT2D eigenvalue weighted by Crippen LogP contribution is 2.20. The minimum absolute atomic E-state index is 0.0180. The summed E-state index contributed by atoms with van der Waals surface area (Å²) < 4.78 is 0. The van der Waals surface area contributed by atoms with Gasteiger partial charge in [0, 0.05) is 45.1 Å². The third kappa shape index (κ3) is 5.11. The number of carboxylic acid groups (broad SMARTS) is 1. The lowest BCUT2D eigenvalue weighted by molar-refractivity contribution is -0.138. The summed E-state index contributed by atoms with van der Waals surface area (Å²) in [7, 11) is 0. The Hall–Kier alpha value is -1.79. The van der Waals surface area contributed by atoms with Gasteiger partial charge in [-0.1, -0.05) is 6.92 Å². The Labute approximate surface area is 137 Å². The first-order valence-corrected chi connectivity index (χ1v) is 8.50. The molecule has 1 atom stereocenters. The molecule has 2 saturated heterocycles. The topological polar surface area (TPSA) is 90.0 Å². The van der Waals surface area contributed by atoms with Crippen LogP contribution >= 0.6 is 0 Å². The number of hydrogen-bond acceptors (Lipinski definition) is 3. The number of hydrogen-bond donors (Lipinski definition) is 2. The molecule has 0 aromatic carbocycles. The van der Waals surface area contributed by atoms with E-state index in [0.29, 0.717) is 32.5 Å². The highest BCUT2D eigenvalue weighted by atomic mass is 16.4. The quantitative estimate of drug-likeness (QED) is 0.793. The minimum Gasteiger partial charge on any atom is -0.481 e. The van der Waals surface area contributed by atoms with Crippen LogP contribution < -0.4 is 5.32 Å². The van der Waals surface area contributed by atoms with Gasteiger partial charge in [0.2, 0.25) is 5.91 Å². The molecule has 23 heavy (non-hydrogen) atoms. The van der Waals surface area contributed by atoms with Crippen molar-refractivity contribution in [3.8, 4) is 0 Å². The summed E-state index contributed by atoms with van der Waals surface area (Å²) >= 11 is 0. The van der Waals surface area contributed by atoms with Crippen molar-refractivity contribution in [2.24, 2.45) is 11.8 Å². The van der Waals surface area contributed by atoms with E-state index in [1.807, 2.05) is 16.7 Å². The molecule has 1 unspecified atom stereocenters. The van der Waals surface area contributed by atoms with E-state index in [9.17, 15) is 14.4 Å². The van der Waals surface area contributed by atoms with Crippen LogP contribution in [-0.4, -0.2) is 65.5 Å². The molecule has 0 bridgehead atoms. The summed E-state index contributed by atoms with van der Waals surface area (Å²) in [4.78, 5) is 38.8. The fourth-order valence-electron chi connectivity index (χ4n) is 3.23. The third-order valence-corrected chi connectivity index (χ3v) is 4.66. The van der Waals surface area contributed by atoms with Crippen LogP contribution in [0, 0.1) is 11.8 Å².